The Morgan fingerprint density at radius 2 is 1.91 bits per heavy atom. The summed E-state index contributed by atoms with van der Waals surface area (Å²) in [6.07, 6.45) is 3.80. The normalized spacial score (nSPS) is 14.5. The van der Waals surface area contributed by atoms with Crippen LogP contribution in [-0.4, -0.2) is 44.1 Å². The highest BCUT2D eigenvalue weighted by Crippen LogP contribution is 2.29. The van der Waals surface area contributed by atoms with E-state index >= 15 is 0 Å². The fourth-order valence-electron chi connectivity index (χ4n) is 4.30. The van der Waals surface area contributed by atoms with E-state index in [4.69, 9.17) is 4.98 Å². The molecule has 33 heavy (non-hydrogen) atoms. The van der Waals surface area contributed by atoms with Crippen molar-refractivity contribution in [3.63, 3.8) is 0 Å². The van der Waals surface area contributed by atoms with E-state index in [1.807, 2.05) is 41.3 Å². The molecule has 0 atom stereocenters. The topological polar surface area (TPSA) is 86.8 Å². The Morgan fingerprint density at radius 1 is 1.09 bits per heavy atom. The number of rotatable bonds is 6. The molecule has 4 aromatic rings. The lowest BCUT2D eigenvalue weighted by Gasteiger charge is -2.31. The summed E-state index contributed by atoms with van der Waals surface area (Å²) in [6, 6.07) is 16.4. The van der Waals surface area contributed by atoms with Gasteiger partial charge in [0.25, 0.3) is 0 Å². The molecule has 168 valence electrons. The molecule has 0 spiro atoms. The van der Waals surface area contributed by atoms with Gasteiger partial charge in [0.05, 0.1) is 11.8 Å². The van der Waals surface area contributed by atoms with Crippen LogP contribution in [0.3, 0.4) is 0 Å². The van der Waals surface area contributed by atoms with Crippen molar-refractivity contribution in [1.82, 2.24) is 25.1 Å². The summed E-state index contributed by atoms with van der Waals surface area (Å²) in [5, 5.41) is 11.4. The number of carbonyl (C=O) groups excluding carboxylic acids is 1. The number of piperidine rings is 1. The number of aromatic nitrogens is 4. The molecule has 1 fully saturated rings. The van der Waals surface area contributed by atoms with Gasteiger partial charge in [-0.05, 0) is 43.2 Å². The highest BCUT2D eigenvalue weighted by molar-refractivity contribution is 5.87. The third-order valence-electron chi connectivity index (χ3n) is 6.17. The second-order valence-corrected chi connectivity index (χ2v) is 8.30. The molecular formula is C25H25FN6O. The summed E-state index contributed by atoms with van der Waals surface area (Å²) in [6.45, 7) is 1.78. The summed E-state index contributed by atoms with van der Waals surface area (Å²) in [7, 11) is 0. The molecule has 1 aromatic carbocycles. The minimum Gasteiger partial charge on any atom is -0.364 e. The number of H-pyrrole nitrogens is 1. The maximum atomic E-state index is 13.9. The molecule has 8 heteroatoms. The van der Waals surface area contributed by atoms with Crippen LogP contribution in [0.1, 0.15) is 35.7 Å². The molecular weight excluding hydrogens is 419 g/mol. The van der Waals surface area contributed by atoms with Crippen molar-refractivity contribution in [2.45, 2.75) is 31.7 Å². The molecule has 1 saturated heterocycles. The number of hydrogen-bond acceptors (Lipinski definition) is 5. The number of nitrogens with one attached hydrogen (secondary N) is 2. The summed E-state index contributed by atoms with van der Waals surface area (Å²) >= 11 is 0. The molecule has 0 unspecified atom stereocenters. The molecule has 4 heterocycles. The van der Waals surface area contributed by atoms with Crippen LogP contribution in [0.2, 0.25) is 0 Å². The molecule has 0 radical (unpaired) electrons. The van der Waals surface area contributed by atoms with Crippen LogP contribution in [-0.2, 0) is 17.8 Å². The zero-order chi connectivity index (χ0) is 22.6. The second kappa shape index (κ2) is 9.36. The van der Waals surface area contributed by atoms with Crippen molar-refractivity contribution >= 4 is 22.8 Å². The van der Waals surface area contributed by atoms with Gasteiger partial charge in [0.15, 0.2) is 11.5 Å². The summed E-state index contributed by atoms with van der Waals surface area (Å²) in [5.74, 6) is 0.832. The smallest absolute Gasteiger partial charge is 0.228 e. The number of likely N-dealkylation sites (tertiary alicyclic amines) is 1. The lowest BCUT2D eigenvalue weighted by atomic mass is 9.92. The number of fused-ring (bicyclic) bond motifs is 1. The molecule has 0 aliphatic carbocycles. The highest BCUT2D eigenvalue weighted by Gasteiger charge is 2.25. The zero-order valence-corrected chi connectivity index (χ0v) is 18.2. The van der Waals surface area contributed by atoms with Crippen LogP contribution in [0.5, 0.6) is 0 Å². The van der Waals surface area contributed by atoms with Gasteiger partial charge in [0.1, 0.15) is 5.82 Å². The van der Waals surface area contributed by atoms with Gasteiger partial charge in [0.2, 0.25) is 5.91 Å². The first kappa shape index (κ1) is 21.1. The molecule has 1 amide bonds. The number of benzene rings is 1. The highest BCUT2D eigenvalue weighted by atomic mass is 19.1. The van der Waals surface area contributed by atoms with Gasteiger partial charge < -0.3 is 10.2 Å². The molecule has 7 nitrogen and oxygen atoms in total. The van der Waals surface area contributed by atoms with Gasteiger partial charge in [-0.3, -0.25) is 14.9 Å². The van der Waals surface area contributed by atoms with Crippen LogP contribution < -0.4 is 5.32 Å². The monoisotopic (exact) mass is 444 g/mol. The number of amides is 1. The minimum atomic E-state index is -0.241. The number of nitrogens with zero attached hydrogens (tertiary/aromatic N) is 4. The van der Waals surface area contributed by atoms with E-state index in [0.29, 0.717) is 49.0 Å². The van der Waals surface area contributed by atoms with Gasteiger partial charge in [-0.15, -0.1) is 0 Å². The molecule has 3 aromatic heterocycles. The molecule has 0 saturated carbocycles. The van der Waals surface area contributed by atoms with Crippen molar-refractivity contribution < 1.29 is 9.18 Å². The Morgan fingerprint density at radius 3 is 2.70 bits per heavy atom. The van der Waals surface area contributed by atoms with Crippen molar-refractivity contribution in [3.8, 4) is 0 Å². The number of carbonyl (C=O) groups is 1. The van der Waals surface area contributed by atoms with Crippen molar-refractivity contribution in [3.05, 3.63) is 83.6 Å². The Hall–Kier alpha value is -3.81. The predicted molar refractivity (Wildman–Crippen MR) is 124 cm³/mol. The van der Waals surface area contributed by atoms with Crippen LogP contribution >= 0.6 is 0 Å². The quantitative estimate of drug-likeness (QED) is 0.469. The first-order chi connectivity index (χ1) is 16.2. The molecule has 1 aliphatic rings. The van der Waals surface area contributed by atoms with Gasteiger partial charge >= 0.3 is 0 Å². The van der Waals surface area contributed by atoms with E-state index in [1.165, 1.54) is 6.07 Å². The van der Waals surface area contributed by atoms with Crippen molar-refractivity contribution in [1.29, 1.82) is 0 Å². The fourth-order valence-corrected chi connectivity index (χ4v) is 4.30. The largest absolute Gasteiger partial charge is 0.364 e. The average molecular weight is 445 g/mol. The minimum absolute atomic E-state index is 0.120. The van der Waals surface area contributed by atoms with Gasteiger partial charge in [-0.25, -0.2) is 9.37 Å². The third kappa shape index (κ3) is 4.69. The molecule has 0 bridgehead atoms. The number of anilines is 1. The number of pyridine rings is 2. The first-order valence-electron chi connectivity index (χ1n) is 11.2. The Balaban J connectivity index is 1.20. The van der Waals surface area contributed by atoms with E-state index in [0.717, 1.165) is 29.6 Å². The van der Waals surface area contributed by atoms with E-state index in [1.54, 1.807) is 18.3 Å². The molecule has 1 aliphatic heterocycles. The van der Waals surface area contributed by atoms with Gasteiger partial charge in [-0.2, -0.15) is 5.10 Å². The van der Waals surface area contributed by atoms with Crippen LogP contribution in [0.15, 0.2) is 60.8 Å². The first-order valence-corrected chi connectivity index (χ1v) is 11.2. The van der Waals surface area contributed by atoms with Crippen LogP contribution in [0.25, 0.3) is 11.0 Å². The zero-order valence-electron chi connectivity index (χ0n) is 18.2. The lowest BCUT2D eigenvalue weighted by Crippen LogP contribution is -2.39. The maximum absolute atomic E-state index is 13.9. The van der Waals surface area contributed by atoms with E-state index in [2.05, 4.69) is 20.5 Å². The summed E-state index contributed by atoms with van der Waals surface area (Å²) in [4.78, 5) is 23.6. The Bertz CT molecular complexity index is 1250. The van der Waals surface area contributed by atoms with E-state index in [9.17, 15) is 9.18 Å². The SMILES string of the molecule is O=C(Cc1ccccn1)N1CCC(c2ccc3c(NCc4ccccc4F)n[nH]c3n2)CC1. The number of aromatic amines is 1. The number of halogens is 1. The standard InChI is InChI=1S/C25H25FN6O/c26-21-7-2-1-5-18(21)16-28-24-20-8-9-22(29-25(20)31-30-24)17-10-13-32(14-11-17)23(33)15-19-6-3-4-12-27-19/h1-9,12,17H,10-11,13-16H2,(H2,28,29,30,31). The maximum Gasteiger partial charge on any atom is 0.228 e. The third-order valence-corrected chi connectivity index (χ3v) is 6.17. The Kier molecular flexibility index (Phi) is 5.97. The molecule has 2 N–H and O–H groups in total. The van der Waals surface area contributed by atoms with E-state index < -0.39 is 0 Å². The van der Waals surface area contributed by atoms with Crippen LogP contribution in [0.4, 0.5) is 10.2 Å². The van der Waals surface area contributed by atoms with Crippen LogP contribution in [0, 0.1) is 5.82 Å². The molecule has 5 rings (SSSR count). The second-order valence-electron chi connectivity index (χ2n) is 8.30. The summed E-state index contributed by atoms with van der Waals surface area (Å²) in [5.41, 5.74) is 3.10. The van der Waals surface area contributed by atoms with Gasteiger partial charge in [-0.1, -0.05) is 24.3 Å². The number of hydrogen-bond donors (Lipinski definition) is 2. The average Bonchev–Trinajstić information content (AvgIpc) is 3.26. The van der Waals surface area contributed by atoms with Crippen molar-refractivity contribution in [2.75, 3.05) is 18.4 Å². The fraction of sp³-hybridized carbons (Fsp3) is 0.280. The lowest BCUT2D eigenvalue weighted by molar-refractivity contribution is -0.131. The van der Waals surface area contributed by atoms with Gasteiger partial charge in [0, 0.05) is 48.7 Å². The Labute approximate surface area is 191 Å². The predicted octanol–water partition coefficient (Wildman–Crippen LogP) is 4.05. The van der Waals surface area contributed by atoms with Crippen molar-refractivity contribution in [2.24, 2.45) is 0 Å². The summed E-state index contributed by atoms with van der Waals surface area (Å²) < 4.78 is 13.9. The van der Waals surface area contributed by atoms with E-state index in [-0.39, 0.29) is 11.7 Å².